The van der Waals surface area contributed by atoms with Gasteiger partial charge < -0.3 is 19.4 Å². The van der Waals surface area contributed by atoms with E-state index in [0.717, 1.165) is 61.2 Å². The van der Waals surface area contributed by atoms with Gasteiger partial charge in [0.05, 0.1) is 41.9 Å². The van der Waals surface area contributed by atoms with Crippen molar-refractivity contribution in [2.75, 3.05) is 62.3 Å². The molecule has 4 heterocycles. The summed E-state index contributed by atoms with van der Waals surface area (Å²) < 4.78 is 24.0. The van der Waals surface area contributed by atoms with Crippen molar-refractivity contribution in [3.63, 3.8) is 0 Å². The van der Waals surface area contributed by atoms with E-state index < -0.39 is 0 Å². The average molecular weight is 529 g/mol. The number of aryl methyl sites for hydroxylation is 2. The number of hydrogen-bond acceptors (Lipinski definition) is 6. The lowest BCUT2D eigenvalue weighted by molar-refractivity contribution is -0.139. The number of halogens is 1. The van der Waals surface area contributed by atoms with E-state index in [0.29, 0.717) is 48.7 Å². The maximum atomic E-state index is 16.7. The molecule has 202 valence electrons. The van der Waals surface area contributed by atoms with E-state index in [-0.39, 0.29) is 17.1 Å². The summed E-state index contributed by atoms with van der Waals surface area (Å²) in [5, 5.41) is 15.9. The number of fused-ring (bicyclic) bond motifs is 1. The van der Waals surface area contributed by atoms with Gasteiger partial charge in [-0.25, -0.2) is 4.39 Å². The largest absolute Gasteiger partial charge is 0.378 e. The number of nitriles is 1. The van der Waals surface area contributed by atoms with Gasteiger partial charge in [0.1, 0.15) is 6.07 Å². The maximum absolute atomic E-state index is 16.7. The summed E-state index contributed by atoms with van der Waals surface area (Å²) in [7, 11) is 1.85. The summed E-state index contributed by atoms with van der Waals surface area (Å²) in [6, 6.07) is 8.22. The third-order valence-electron chi connectivity index (χ3n) is 8.75. The monoisotopic (exact) mass is 528 g/mol. The molecule has 0 aliphatic carbocycles. The first-order valence-electron chi connectivity index (χ1n) is 13.5. The van der Waals surface area contributed by atoms with E-state index in [1.807, 2.05) is 42.0 Å². The number of ether oxygens (including phenoxy) is 1. The first kappa shape index (κ1) is 25.4. The molecule has 1 amide bonds. The normalized spacial score (nSPS) is 18.8. The fourth-order valence-electron chi connectivity index (χ4n) is 6.53. The molecule has 39 heavy (non-hydrogen) atoms. The van der Waals surface area contributed by atoms with Crippen molar-refractivity contribution in [3.05, 3.63) is 54.0 Å². The summed E-state index contributed by atoms with van der Waals surface area (Å²) >= 11 is 0. The molecule has 3 aliphatic rings. The quantitative estimate of drug-likeness (QED) is 0.477. The fourth-order valence-corrected chi connectivity index (χ4v) is 6.53. The summed E-state index contributed by atoms with van der Waals surface area (Å²) in [5.41, 5.74) is 4.50. The molecule has 3 aromatic rings. The Bertz CT molecular complexity index is 1500. The Hall–Kier alpha value is -3.90. The second-order valence-corrected chi connectivity index (χ2v) is 11.0. The predicted molar refractivity (Wildman–Crippen MR) is 149 cm³/mol. The third kappa shape index (κ3) is 4.14. The molecule has 0 atom stereocenters. The van der Waals surface area contributed by atoms with Crippen molar-refractivity contribution in [2.45, 2.75) is 19.8 Å². The number of amides is 1. The third-order valence-corrected chi connectivity index (χ3v) is 8.75. The Kier molecular flexibility index (Phi) is 6.31. The van der Waals surface area contributed by atoms with Gasteiger partial charge in [0.25, 0.3) is 0 Å². The lowest BCUT2D eigenvalue weighted by Crippen LogP contribution is -2.61. The maximum Gasteiger partial charge on any atom is 0.245 e. The van der Waals surface area contributed by atoms with Gasteiger partial charge in [-0.3, -0.25) is 9.48 Å². The lowest BCUT2D eigenvalue weighted by Gasteiger charge is -2.54. The van der Waals surface area contributed by atoms with Crippen LogP contribution in [0.15, 0.2) is 37.1 Å². The number of benzene rings is 2. The molecule has 0 saturated carbocycles. The number of piperidine rings is 1. The summed E-state index contributed by atoms with van der Waals surface area (Å²) in [5.74, 6) is -0.395. The number of carbonyl (C=O) groups excluding carboxylic acids is 1. The number of anilines is 2. The van der Waals surface area contributed by atoms with Crippen LogP contribution in [0.3, 0.4) is 0 Å². The van der Waals surface area contributed by atoms with Crippen LogP contribution in [-0.4, -0.2) is 73.1 Å². The van der Waals surface area contributed by atoms with E-state index in [9.17, 15) is 10.1 Å². The topological polar surface area (TPSA) is 77.6 Å². The highest BCUT2D eigenvalue weighted by atomic mass is 19.1. The van der Waals surface area contributed by atoms with Crippen molar-refractivity contribution in [3.8, 4) is 17.2 Å². The summed E-state index contributed by atoms with van der Waals surface area (Å²) in [4.78, 5) is 18.1. The van der Waals surface area contributed by atoms with E-state index >= 15 is 4.39 Å². The van der Waals surface area contributed by atoms with E-state index in [2.05, 4.69) is 22.6 Å². The van der Waals surface area contributed by atoms with E-state index in [1.165, 1.54) is 6.08 Å². The Labute approximate surface area is 227 Å². The molecular formula is C30H33FN6O2. The Morgan fingerprint density at radius 3 is 2.49 bits per heavy atom. The van der Waals surface area contributed by atoms with Gasteiger partial charge >= 0.3 is 0 Å². The van der Waals surface area contributed by atoms with Crippen LogP contribution in [-0.2, 0) is 16.6 Å². The number of nitrogens with zero attached hydrogens (tertiary/aromatic N) is 6. The smallest absolute Gasteiger partial charge is 0.245 e. The number of morpholine rings is 1. The van der Waals surface area contributed by atoms with Crippen molar-refractivity contribution in [1.82, 2.24) is 14.7 Å². The SMILES string of the molecule is C=CC(=O)N1CC2(CCN(c3cc(N4CCOCC4)c(F)c(-c4c(C)ccc5cnn(C)c45)c3C#N)CC2)C1. The lowest BCUT2D eigenvalue weighted by atomic mass is 9.71. The highest BCUT2D eigenvalue weighted by Crippen LogP contribution is 2.46. The molecule has 3 aliphatic heterocycles. The van der Waals surface area contributed by atoms with Crippen molar-refractivity contribution in [2.24, 2.45) is 12.5 Å². The second kappa shape index (κ2) is 9.69. The van der Waals surface area contributed by atoms with Crippen LogP contribution in [0.4, 0.5) is 15.8 Å². The van der Waals surface area contributed by atoms with E-state index in [4.69, 9.17) is 4.74 Å². The molecule has 2 aromatic carbocycles. The number of carbonyl (C=O) groups is 1. The zero-order valence-electron chi connectivity index (χ0n) is 22.5. The molecule has 1 aromatic heterocycles. The minimum atomic E-state index is -0.375. The molecule has 0 bridgehead atoms. The molecule has 6 rings (SSSR count). The second-order valence-electron chi connectivity index (χ2n) is 11.0. The first-order chi connectivity index (χ1) is 18.9. The molecule has 3 fully saturated rings. The van der Waals surface area contributed by atoms with Crippen LogP contribution < -0.4 is 9.80 Å². The zero-order chi connectivity index (χ0) is 27.3. The van der Waals surface area contributed by atoms with Crippen molar-refractivity contribution in [1.29, 1.82) is 5.26 Å². The molecule has 9 heteroatoms. The van der Waals surface area contributed by atoms with Gasteiger partial charge in [-0.2, -0.15) is 10.4 Å². The van der Waals surface area contributed by atoms with Crippen LogP contribution in [0.2, 0.25) is 0 Å². The number of aromatic nitrogens is 2. The minimum absolute atomic E-state index is 0.0205. The molecule has 0 N–H and O–H groups in total. The van der Waals surface area contributed by atoms with Gasteiger partial charge in [-0.1, -0.05) is 18.7 Å². The summed E-state index contributed by atoms with van der Waals surface area (Å²) in [6.07, 6.45) is 4.97. The molecular weight excluding hydrogens is 495 g/mol. The average Bonchev–Trinajstić information content (AvgIpc) is 3.32. The van der Waals surface area contributed by atoms with Gasteiger partial charge in [0.15, 0.2) is 5.82 Å². The molecule has 8 nitrogen and oxygen atoms in total. The Morgan fingerprint density at radius 1 is 1.13 bits per heavy atom. The van der Waals surface area contributed by atoms with Crippen LogP contribution in [0, 0.1) is 29.5 Å². The van der Waals surface area contributed by atoms with Gasteiger partial charge in [0, 0.05) is 68.2 Å². The molecule has 1 spiro atoms. The van der Waals surface area contributed by atoms with Gasteiger partial charge in [-0.05, 0) is 37.5 Å². The Morgan fingerprint density at radius 2 is 1.82 bits per heavy atom. The van der Waals surface area contributed by atoms with E-state index in [1.54, 1.807) is 10.9 Å². The highest BCUT2D eigenvalue weighted by Gasteiger charge is 2.46. The minimum Gasteiger partial charge on any atom is -0.378 e. The molecule has 3 saturated heterocycles. The molecule has 0 unspecified atom stereocenters. The van der Waals surface area contributed by atoms with Gasteiger partial charge in [-0.15, -0.1) is 0 Å². The van der Waals surface area contributed by atoms with Crippen molar-refractivity contribution >= 4 is 28.2 Å². The standard InChI is InChI=1S/C30H33FN6O2/c1-4-25(38)37-18-30(19-37)7-9-35(10-8-30)23-15-24(36-11-13-39-14-12-36)28(31)27(22(23)16-32)26-20(2)5-6-21-17-33-34(3)29(21)26/h4-6,15,17H,1,7-14,18-19H2,2-3H3. The zero-order valence-corrected chi connectivity index (χ0v) is 22.5. The number of likely N-dealkylation sites (tertiary alicyclic amines) is 1. The van der Waals surface area contributed by atoms with Crippen LogP contribution in [0.5, 0.6) is 0 Å². The molecule has 0 radical (unpaired) electrons. The number of hydrogen-bond donors (Lipinski definition) is 0. The van der Waals surface area contributed by atoms with Crippen LogP contribution in [0.25, 0.3) is 22.0 Å². The number of rotatable bonds is 4. The van der Waals surface area contributed by atoms with Gasteiger partial charge in [0.2, 0.25) is 5.91 Å². The van der Waals surface area contributed by atoms with Crippen LogP contribution in [0.1, 0.15) is 24.0 Å². The Balaban J connectivity index is 1.46. The fraction of sp³-hybridized carbons (Fsp3) is 0.433. The van der Waals surface area contributed by atoms with Crippen LogP contribution >= 0.6 is 0 Å². The predicted octanol–water partition coefficient (Wildman–Crippen LogP) is 4.01. The van der Waals surface area contributed by atoms with Crippen molar-refractivity contribution < 1.29 is 13.9 Å². The highest BCUT2D eigenvalue weighted by molar-refractivity contribution is 5.99. The summed E-state index contributed by atoms with van der Waals surface area (Å²) in [6.45, 7) is 10.8. The first-order valence-corrected chi connectivity index (χ1v) is 13.5.